The number of hydrogen-bond acceptors (Lipinski definition) is 9. The topological polar surface area (TPSA) is 111 Å². The first-order valence-electron chi connectivity index (χ1n) is 14.4. The molecule has 1 atom stereocenters. The zero-order valence-electron chi connectivity index (χ0n) is 25.2. The number of aromatic nitrogens is 3. The first-order chi connectivity index (χ1) is 22.8. The summed E-state index contributed by atoms with van der Waals surface area (Å²) in [5.41, 5.74) is 2.43. The highest BCUT2D eigenvalue weighted by molar-refractivity contribution is 7.99. The van der Waals surface area contributed by atoms with Gasteiger partial charge in [-0.25, -0.2) is 13.8 Å². The third-order valence-corrected chi connectivity index (χ3v) is 9.22. The molecular formula is C33H28F2N6O4S2. The van der Waals surface area contributed by atoms with Crippen molar-refractivity contribution in [3.8, 4) is 17.2 Å². The number of nitrogens with zero attached hydrogens (tertiary/aromatic N) is 5. The largest absolute Gasteiger partial charge is 0.493 e. The third kappa shape index (κ3) is 7.03. The molecule has 0 saturated carbocycles. The van der Waals surface area contributed by atoms with Crippen molar-refractivity contribution < 1.29 is 27.8 Å². The van der Waals surface area contributed by atoms with Crippen LogP contribution in [-0.2, 0) is 11.3 Å². The van der Waals surface area contributed by atoms with Crippen molar-refractivity contribution in [1.29, 1.82) is 0 Å². The summed E-state index contributed by atoms with van der Waals surface area (Å²) >= 11 is 2.67. The summed E-state index contributed by atoms with van der Waals surface area (Å²) in [6.07, 6.45) is 0.484. The van der Waals surface area contributed by atoms with Gasteiger partial charge in [0, 0.05) is 17.7 Å². The molecule has 1 aliphatic heterocycles. The van der Waals surface area contributed by atoms with Gasteiger partial charge in [0.2, 0.25) is 0 Å². The highest BCUT2D eigenvalue weighted by Gasteiger charge is 2.34. The van der Waals surface area contributed by atoms with Crippen molar-refractivity contribution in [2.24, 2.45) is 5.10 Å². The van der Waals surface area contributed by atoms with Crippen LogP contribution < -0.4 is 14.8 Å². The Morgan fingerprint density at radius 3 is 2.36 bits per heavy atom. The van der Waals surface area contributed by atoms with Gasteiger partial charge in [-0.15, -0.1) is 21.5 Å². The Labute approximate surface area is 277 Å². The molecule has 1 unspecified atom stereocenters. The zero-order chi connectivity index (χ0) is 32.9. The molecule has 0 aliphatic carbocycles. The van der Waals surface area contributed by atoms with E-state index in [2.05, 4.69) is 20.6 Å². The molecule has 0 spiro atoms. The van der Waals surface area contributed by atoms with Crippen LogP contribution in [0.2, 0.25) is 0 Å². The highest BCUT2D eigenvalue weighted by atomic mass is 32.2. The number of nitrogens with one attached hydrogen (secondary N) is 1. The predicted octanol–water partition coefficient (Wildman–Crippen LogP) is 6.02. The Morgan fingerprint density at radius 2 is 1.68 bits per heavy atom. The number of methoxy groups -OCH3 is 2. The molecule has 14 heteroatoms. The molecule has 10 nitrogen and oxygen atoms in total. The molecule has 1 aliphatic rings. The number of rotatable bonds is 11. The minimum atomic E-state index is -0.421. The minimum Gasteiger partial charge on any atom is -0.493 e. The van der Waals surface area contributed by atoms with E-state index in [-0.39, 0.29) is 29.9 Å². The lowest BCUT2D eigenvalue weighted by Crippen LogP contribution is -2.28. The number of thioether (sulfide) groups is 1. The lowest BCUT2D eigenvalue weighted by molar-refractivity contribution is -0.130. The summed E-state index contributed by atoms with van der Waals surface area (Å²) in [5, 5.41) is 19.8. The van der Waals surface area contributed by atoms with Gasteiger partial charge in [0.1, 0.15) is 11.6 Å². The van der Waals surface area contributed by atoms with Crippen LogP contribution in [0.5, 0.6) is 11.5 Å². The average molecular weight is 675 g/mol. The van der Waals surface area contributed by atoms with Crippen molar-refractivity contribution in [3.05, 3.63) is 118 Å². The Balaban J connectivity index is 1.22. The fourth-order valence-electron chi connectivity index (χ4n) is 5.07. The number of thiophene rings is 1. The Kier molecular flexibility index (Phi) is 9.59. The Morgan fingerprint density at radius 1 is 0.957 bits per heavy atom. The molecular weight excluding hydrogens is 647 g/mol. The Bertz CT molecular complexity index is 1910. The maximum Gasteiger partial charge on any atom is 0.253 e. The summed E-state index contributed by atoms with van der Waals surface area (Å²) in [6, 6.07) is 20.1. The van der Waals surface area contributed by atoms with E-state index in [1.165, 1.54) is 54.8 Å². The van der Waals surface area contributed by atoms with Crippen molar-refractivity contribution in [2.45, 2.75) is 24.2 Å². The van der Waals surface area contributed by atoms with E-state index < -0.39 is 11.9 Å². The summed E-state index contributed by atoms with van der Waals surface area (Å²) in [7, 11) is 2.99. The second-order valence-corrected chi connectivity index (χ2v) is 12.2. The van der Waals surface area contributed by atoms with Crippen molar-refractivity contribution >= 4 is 40.6 Å². The van der Waals surface area contributed by atoms with Gasteiger partial charge in [-0.05, 0) is 71.6 Å². The van der Waals surface area contributed by atoms with Crippen LogP contribution >= 0.6 is 23.1 Å². The highest BCUT2D eigenvalue weighted by Crippen LogP contribution is 2.35. The predicted molar refractivity (Wildman–Crippen MR) is 174 cm³/mol. The second kappa shape index (κ2) is 14.1. The minimum absolute atomic E-state index is 0.0146. The number of benzene rings is 3. The summed E-state index contributed by atoms with van der Waals surface area (Å²) < 4.78 is 39.8. The van der Waals surface area contributed by atoms with Gasteiger partial charge in [0.25, 0.3) is 11.8 Å². The van der Waals surface area contributed by atoms with Crippen LogP contribution in [0.1, 0.15) is 39.1 Å². The van der Waals surface area contributed by atoms with E-state index in [1.54, 1.807) is 47.0 Å². The van der Waals surface area contributed by atoms with Crippen LogP contribution in [-0.4, -0.2) is 57.3 Å². The number of hydrazone groups is 1. The molecule has 5 aromatic rings. The molecule has 2 aromatic heterocycles. The van der Waals surface area contributed by atoms with Crippen LogP contribution in [0.15, 0.2) is 94.5 Å². The number of carbonyl (C=O) groups excluding carboxylic acids is 2. The lowest BCUT2D eigenvalue weighted by atomic mass is 10.0. The van der Waals surface area contributed by atoms with Gasteiger partial charge >= 0.3 is 0 Å². The van der Waals surface area contributed by atoms with Crippen LogP contribution in [0, 0.1) is 11.6 Å². The maximum atomic E-state index is 13.8. The van der Waals surface area contributed by atoms with E-state index in [4.69, 9.17) is 9.47 Å². The smallest absolute Gasteiger partial charge is 0.253 e. The van der Waals surface area contributed by atoms with Crippen molar-refractivity contribution in [3.63, 3.8) is 0 Å². The molecule has 3 heterocycles. The number of ether oxygens (including phenoxy) is 2. The molecule has 0 radical (unpaired) electrons. The maximum absolute atomic E-state index is 13.8. The SMILES string of the molecule is COc1ccc(C(=O)NCc2nnc(SCC(=O)N3N=C(c4cccs4)CC3c3ccc(F)cc3)n2-c2ccc(F)cc2)cc1OC. The first-order valence-corrected chi connectivity index (χ1v) is 16.2. The molecule has 0 saturated heterocycles. The number of hydrogen-bond donors (Lipinski definition) is 1. The Hall–Kier alpha value is -5.08. The first kappa shape index (κ1) is 31.9. The molecule has 1 N–H and O–H groups in total. The van der Waals surface area contributed by atoms with Gasteiger partial charge in [0.15, 0.2) is 22.5 Å². The summed E-state index contributed by atoms with van der Waals surface area (Å²) in [4.78, 5) is 27.7. The van der Waals surface area contributed by atoms with Crippen LogP contribution in [0.25, 0.3) is 5.69 Å². The summed E-state index contributed by atoms with van der Waals surface area (Å²) in [6.45, 7) is -0.0146. The fourth-order valence-corrected chi connectivity index (χ4v) is 6.61. The van der Waals surface area contributed by atoms with Gasteiger partial charge in [-0.2, -0.15) is 5.10 Å². The van der Waals surface area contributed by atoms with Crippen molar-refractivity contribution in [2.75, 3.05) is 20.0 Å². The molecule has 3 aromatic carbocycles. The second-order valence-electron chi connectivity index (χ2n) is 10.3. The average Bonchev–Trinajstić information content (AvgIpc) is 3.87. The quantitative estimate of drug-likeness (QED) is 0.171. The van der Waals surface area contributed by atoms with E-state index in [0.29, 0.717) is 40.2 Å². The van der Waals surface area contributed by atoms with Gasteiger partial charge in [-0.1, -0.05) is 30.0 Å². The van der Waals surface area contributed by atoms with Gasteiger partial charge in [-0.3, -0.25) is 14.2 Å². The number of amides is 2. The number of carbonyl (C=O) groups is 2. The number of halogens is 2. The molecule has 240 valence electrons. The van der Waals surface area contributed by atoms with Crippen LogP contribution in [0.4, 0.5) is 8.78 Å². The van der Waals surface area contributed by atoms with E-state index in [9.17, 15) is 18.4 Å². The molecule has 47 heavy (non-hydrogen) atoms. The third-order valence-electron chi connectivity index (χ3n) is 7.39. The normalized spacial score (nSPS) is 14.2. The fraction of sp³-hybridized carbons (Fsp3) is 0.182. The molecule has 2 amide bonds. The summed E-state index contributed by atoms with van der Waals surface area (Å²) in [5.74, 6) is -0.241. The molecule has 6 rings (SSSR count). The zero-order valence-corrected chi connectivity index (χ0v) is 26.9. The van der Waals surface area contributed by atoms with Gasteiger partial charge < -0.3 is 14.8 Å². The monoisotopic (exact) mass is 674 g/mol. The van der Waals surface area contributed by atoms with E-state index in [1.807, 2.05) is 17.5 Å². The van der Waals surface area contributed by atoms with E-state index >= 15 is 0 Å². The standard InChI is InChI=1S/C33H28F2N6O4S2/c1-44-27-14-7-21(16-28(27)45-2)32(43)36-18-30-37-38-33(40(30)24-12-10-23(35)11-13-24)47-19-31(42)41-26(20-5-8-22(34)9-6-20)17-25(39-41)29-4-3-15-46-29/h3-16,26H,17-19H2,1-2H3,(H,36,43). The van der Waals surface area contributed by atoms with Crippen LogP contribution in [0.3, 0.4) is 0 Å². The molecule has 0 bridgehead atoms. The molecule has 0 fully saturated rings. The van der Waals surface area contributed by atoms with E-state index in [0.717, 1.165) is 27.9 Å². The van der Waals surface area contributed by atoms with Crippen molar-refractivity contribution in [1.82, 2.24) is 25.1 Å². The van der Waals surface area contributed by atoms with Gasteiger partial charge in [0.05, 0.1) is 43.1 Å². The lowest BCUT2D eigenvalue weighted by Gasteiger charge is -2.22.